The van der Waals surface area contributed by atoms with Gasteiger partial charge in [-0.1, -0.05) is 23.5 Å². The molecule has 0 fully saturated rings. The Hall–Kier alpha value is -2.23. The highest BCUT2D eigenvalue weighted by atomic mass is 32.2. The lowest BCUT2D eigenvalue weighted by atomic mass is 10.2. The van der Waals surface area contributed by atoms with Crippen LogP contribution in [-0.4, -0.2) is 34.3 Å². The van der Waals surface area contributed by atoms with Crippen molar-refractivity contribution in [1.29, 1.82) is 0 Å². The Morgan fingerprint density at radius 2 is 2.04 bits per heavy atom. The van der Waals surface area contributed by atoms with Crippen molar-refractivity contribution >= 4 is 57.1 Å². The number of fused-ring (bicyclic) bond motifs is 1. The van der Waals surface area contributed by atoms with E-state index < -0.39 is 0 Å². The van der Waals surface area contributed by atoms with Crippen molar-refractivity contribution in [3.63, 3.8) is 0 Å². The Morgan fingerprint density at radius 3 is 2.89 bits per heavy atom. The first-order valence-corrected chi connectivity index (χ1v) is 11.1. The van der Waals surface area contributed by atoms with E-state index in [0.717, 1.165) is 26.9 Å². The lowest BCUT2D eigenvalue weighted by Crippen LogP contribution is -2.35. The van der Waals surface area contributed by atoms with Gasteiger partial charge in [0, 0.05) is 41.0 Å². The Kier molecular flexibility index (Phi) is 5.51. The van der Waals surface area contributed by atoms with E-state index in [1.54, 1.807) is 28.0 Å². The van der Waals surface area contributed by atoms with E-state index in [1.165, 1.54) is 11.3 Å². The van der Waals surface area contributed by atoms with E-state index in [9.17, 15) is 9.59 Å². The van der Waals surface area contributed by atoms with Crippen molar-refractivity contribution in [2.45, 2.75) is 17.7 Å². The molecule has 1 aliphatic heterocycles. The topological polar surface area (TPSA) is 75.2 Å². The van der Waals surface area contributed by atoms with Crippen LogP contribution in [0.3, 0.4) is 0 Å². The van der Waals surface area contributed by atoms with Crippen LogP contribution >= 0.6 is 34.4 Å². The monoisotopic (exact) mass is 416 g/mol. The zero-order chi connectivity index (χ0) is 18.6. The molecular formula is C18H16N4O2S3. The van der Waals surface area contributed by atoms with Crippen LogP contribution in [0.2, 0.25) is 0 Å². The molecule has 27 heavy (non-hydrogen) atoms. The van der Waals surface area contributed by atoms with E-state index in [4.69, 9.17) is 0 Å². The Balaban J connectivity index is 1.33. The van der Waals surface area contributed by atoms with Gasteiger partial charge in [-0.25, -0.2) is 0 Å². The van der Waals surface area contributed by atoms with Crippen molar-refractivity contribution in [3.05, 3.63) is 41.1 Å². The fourth-order valence-corrected chi connectivity index (χ4v) is 5.21. The zero-order valence-electron chi connectivity index (χ0n) is 14.3. The number of benzene rings is 1. The normalized spacial score (nSPS) is 13.3. The summed E-state index contributed by atoms with van der Waals surface area (Å²) in [6, 6.07) is 9.83. The van der Waals surface area contributed by atoms with Crippen molar-refractivity contribution in [2.24, 2.45) is 0 Å². The molecule has 4 rings (SSSR count). The molecule has 0 unspecified atom stereocenters. The molecule has 0 bridgehead atoms. The van der Waals surface area contributed by atoms with E-state index >= 15 is 0 Å². The molecule has 0 saturated carbocycles. The van der Waals surface area contributed by atoms with Crippen LogP contribution in [0.5, 0.6) is 0 Å². The lowest BCUT2D eigenvalue weighted by Gasteiger charge is -2.28. The number of nitrogens with zero attached hydrogens (tertiary/aromatic N) is 3. The summed E-state index contributed by atoms with van der Waals surface area (Å²) < 4.78 is 0. The minimum atomic E-state index is -0.226. The fraction of sp³-hybridized carbons (Fsp3) is 0.222. The van der Waals surface area contributed by atoms with Crippen molar-refractivity contribution in [1.82, 2.24) is 10.2 Å². The third-order valence-electron chi connectivity index (χ3n) is 4.03. The van der Waals surface area contributed by atoms with E-state index in [0.29, 0.717) is 11.7 Å². The zero-order valence-corrected chi connectivity index (χ0v) is 16.7. The van der Waals surface area contributed by atoms with Gasteiger partial charge in [0.1, 0.15) is 5.01 Å². The number of aromatic nitrogens is 2. The molecule has 2 aromatic heterocycles. The molecule has 1 aromatic carbocycles. The summed E-state index contributed by atoms with van der Waals surface area (Å²) in [6.07, 6.45) is 0.291. The van der Waals surface area contributed by atoms with E-state index in [1.807, 2.05) is 41.1 Å². The van der Waals surface area contributed by atoms with Crippen LogP contribution in [0.1, 0.15) is 12.8 Å². The van der Waals surface area contributed by atoms with Crippen LogP contribution in [0, 0.1) is 0 Å². The molecule has 1 N–H and O–H groups in total. The molecule has 2 amide bonds. The van der Waals surface area contributed by atoms with Gasteiger partial charge in [-0.2, -0.15) is 11.3 Å². The summed E-state index contributed by atoms with van der Waals surface area (Å²) in [6.45, 7) is 0.669. The Bertz CT molecular complexity index is 955. The second kappa shape index (κ2) is 8.20. The molecule has 0 spiro atoms. The summed E-state index contributed by atoms with van der Waals surface area (Å²) in [5.74, 6) is 0.607. The van der Waals surface area contributed by atoms with Crippen LogP contribution < -0.4 is 10.2 Å². The summed E-state index contributed by atoms with van der Waals surface area (Å²) in [7, 11) is 0. The number of thiophene rings is 1. The SMILES string of the molecule is O=C(CCC(=O)N1CCSc2ccccc21)Nc1nnc(-c2ccsc2)s1. The number of amides is 2. The van der Waals surface area contributed by atoms with Crippen molar-refractivity contribution in [3.8, 4) is 10.6 Å². The molecule has 3 aromatic rings. The second-order valence-corrected chi connectivity index (χ2v) is 8.73. The standard InChI is InChI=1S/C18H16N4O2S3/c23-15(19-18-21-20-17(27-18)12-7-9-25-11-12)5-6-16(24)22-8-10-26-14-4-2-1-3-13(14)22/h1-4,7,9,11H,5-6,8,10H2,(H,19,21,23). The van der Waals surface area contributed by atoms with Crippen LogP contribution in [0.15, 0.2) is 46.0 Å². The minimum Gasteiger partial charge on any atom is -0.310 e. The number of rotatable bonds is 5. The molecular weight excluding hydrogens is 400 g/mol. The predicted octanol–water partition coefficient (Wildman–Crippen LogP) is 4.12. The highest BCUT2D eigenvalue weighted by Crippen LogP contribution is 2.34. The molecule has 0 aliphatic carbocycles. The first-order chi connectivity index (χ1) is 13.2. The number of hydrogen-bond donors (Lipinski definition) is 1. The molecule has 9 heteroatoms. The quantitative estimate of drug-likeness (QED) is 0.677. The number of para-hydroxylation sites is 1. The van der Waals surface area contributed by atoms with Gasteiger partial charge in [-0.05, 0) is 23.6 Å². The van der Waals surface area contributed by atoms with E-state index in [-0.39, 0.29) is 24.7 Å². The molecule has 138 valence electrons. The molecule has 6 nitrogen and oxygen atoms in total. The van der Waals surface area contributed by atoms with E-state index in [2.05, 4.69) is 15.5 Å². The van der Waals surface area contributed by atoms with Gasteiger partial charge in [0.15, 0.2) is 0 Å². The summed E-state index contributed by atoms with van der Waals surface area (Å²) >= 11 is 4.66. The average Bonchev–Trinajstić information content (AvgIpc) is 3.37. The largest absolute Gasteiger partial charge is 0.310 e. The first-order valence-electron chi connectivity index (χ1n) is 8.39. The summed E-state index contributed by atoms with van der Waals surface area (Å²) in [5, 5.41) is 16.0. The number of hydrogen-bond acceptors (Lipinski definition) is 7. The van der Waals surface area contributed by atoms with Gasteiger partial charge >= 0.3 is 0 Å². The van der Waals surface area contributed by atoms with Crippen LogP contribution in [-0.2, 0) is 9.59 Å². The van der Waals surface area contributed by atoms with Gasteiger partial charge in [0.2, 0.25) is 16.9 Å². The number of nitrogens with one attached hydrogen (secondary N) is 1. The number of carbonyl (C=O) groups excluding carboxylic acids is 2. The van der Waals surface area contributed by atoms with Crippen molar-refractivity contribution in [2.75, 3.05) is 22.5 Å². The van der Waals surface area contributed by atoms with Gasteiger partial charge < -0.3 is 10.2 Å². The smallest absolute Gasteiger partial charge is 0.227 e. The van der Waals surface area contributed by atoms with Gasteiger partial charge in [0.25, 0.3) is 0 Å². The number of anilines is 2. The highest BCUT2D eigenvalue weighted by molar-refractivity contribution is 7.99. The molecule has 1 aliphatic rings. The van der Waals surface area contributed by atoms with Crippen molar-refractivity contribution < 1.29 is 9.59 Å². The number of carbonyl (C=O) groups is 2. The maximum atomic E-state index is 12.6. The third-order valence-corrected chi connectivity index (χ3v) is 6.65. The fourth-order valence-electron chi connectivity index (χ4n) is 2.74. The highest BCUT2D eigenvalue weighted by Gasteiger charge is 2.23. The van der Waals surface area contributed by atoms with Gasteiger partial charge in [-0.15, -0.1) is 22.0 Å². The molecule has 0 saturated heterocycles. The number of thioether (sulfide) groups is 1. The maximum Gasteiger partial charge on any atom is 0.227 e. The molecule has 0 atom stereocenters. The summed E-state index contributed by atoms with van der Waals surface area (Å²) in [4.78, 5) is 27.7. The van der Waals surface area contributed by atoms with Crippen LogP contribution in [0.25, 0.3) is 10.6 Å². The summed E-state index contributed by atoms with van der Waals surface area (Å²) in [5.41, 5.74) is 1.93. The average molecular weight is 417 g/mol. The van der Waals surface area contributed by atoms with Gasteiger partial charge in [-0.3, -0.25) is 9.59 Å². The van der Waals surface area contributed by atoms with Crippen LogP contribution in [0.4, 0.5) is 10.8 Å². The Labute approximate surface area is 168 Å². The minimum absolute atomic E-state index is 0.0332. The molecule has 0 radical (unpaired) electrons. The van der Waals surface area contributed by atoms with Gasteiger partial charge in [0.05, 0.1) is 5.69 Å². The lowest BCUT2D eigenvalue weighted by molar-refractivity contribution is -0.122. The second-order valence-electron chi connectivity index (χ2n) is 5.83. The maximum absolute atomic E-state index is 12.6. The molecule has 3 heterocycles. The third kappa shape index (κ3) is 4.20. The Morgan fingerprint density at radius 1 is 1.15 bits per heavy atom. The predicted molar refractivity (Wildman–Crippen MR) is 111 cm³/mol. The first kappa shape index (κ1) is 18.1.